The van der Waals surface area contributed by atoms with Crippen LogP contribution in [0.25, 0.3) is 0 Å². The number of hydrogen-bond donors (Lipinski definition) is 2. The van der Waals surface area contributed by atoms with Gasteiger partial charge in [-0.2, -0.15) is 0 Å². The van der Waals surface area contributed by atoms with E-state index in [1.54, 1.807) is 14.2 Å². The van der Waals surface area contributed by atoms with Gasteiger partial charge in [0.05, 0.1) is 13.2 Å². The van der Waals surface area contributed by atoms with Crippen molar-refractivity contribution in [1.82, 2.24) is 10.6 Å². The number of rotatable bonds is 14. The summed E-state index contributed by atoms with van der Waals surface area (Å²) < 4.78 is 15.8. The molecule has 0 radical (unpaired) electrons. The fraction of sp³-hybridized carbons (Fsp3) is 0.933. The Bertz CT molecular complexity index is 218. The summed E-state index contributed by atoms with van der Waals surface area (Å²) in [5.41, 5.74) is 0. The van der Waals surface area contributed by atoms with Gasteiger partial charge in [-0.05, 0) is 19.3 Å². The zero-order chi connectivity index (χ0) is 15.6. The third-order valence-corrected chi connectivity index (χ3v) is 2.81. The predicted octanol–water partition coefficient (Wildman–Crippen LogP) is 1.41. The van der Waals surface area contributed by atoms with Crippen molar-refractivity contribution in [3.05, 3.63) is 0 Å². The van der Waals surface area contributed by atoms with Gasteiger partial charge in [-0.15, -0.1) is 0 Å². The van der Waals surface area contributed by atoms with Crippen molar-refractivity contribution in [1.29, 1.82) is 0 Å². The van der Waals surface area contributed by atoms with Gasteiger partial charge >= 0.3 is 0 Å². The van der Waals surface area contributed by atoms with Crippen LogP contribution in [0, 0.1) is 0 Å². The highest BCUT2D eigenvalue weighted by Gasteiger charge is 1.97. The molecule has 0 rings (SSSR count). The SMILES string of the molecule is CCCCOCCCNC(=NC)NCCCOCCOC. The number of nitrogens with zero attached hydrogens (tertiary/aromatic N) is 1. The Labute approximate surface area is 129 Å². The normalized spacial score (nSPS) is 11.7. The van der Waals surface area contributed by atoms with Crippen LogP contribution in [-0.4, -0.2) is 66.2 Å². The molecule has 0 spiro atoms. The summed E-state index contributed by atoms with van der Waals surface area (Å²) in [6, 6.07) is 0. The Kier molecular flexibility index (Phi) is 16.5. The first-order valence-electron chi connectivity index (χ1n) is 7.94. The van der Waals surface area contributed by atoms with E-state index in [0.717, 1.165) is 58.1 Å². The average Bonchev–Trinajstić information content (AvgIpc) is 2.51. The van der Waals surface area contributed by atoms with Crippen molar-refractivity contribution < 1.29 is 14.2 Å². The molecule has 0 atom stereocenters. The Morgan fingerprint density at radius 2 is 1.43 bits per heavy atom. The molecular formula is C15H33N3O3. The smallest absolute Gasteiger partial charge is 0.190 e. The summed E-state index contributed by atoms with van der Waals surface area (Å²) in [5.74, 6) is 0.834. The molecule has 0 heterocycles. The van der Waals surface area contributed by atoms with Gasteiger partial charge in [-0.3, -0.25) is 4.99 Å². The lowest BCUT2D eigenvalue weighted by molar-refractivity contribution is 0.0698. The van der Waals surface area contributed by atoms with Gasteiger partial charge in [0.15, 0.2) is 5.96 Å². The molecule has 6 nitrogen and oxygen atoms in total. The minimum Gasteiger partial charge on any atom is -0.382 e. The van der Waals surface area contributed by atoms with Crippen molar-refractivity contribution in [2.75, 3.05) is 60.3 Å². The zero-order valence-corrected chi connectivity index (χ0v) is 14.0. The highest BCUT2D eigenvalue weighted by atomic mass is 16.5. The number of nitrogens with one attached hydrogen (secondary N) is 2. The first-order valence-corrected chi connectivity index (χ1v) is 7.94. The van der Waals surface area contributed by atoms with Crippen LogP contribution in [0.1, 0.15) is 32.6 Å². The standard InChI is InChI=1S/C15H33N3O3/c1-4-5-10-20-11-6-8-17-15(16-2)18-9-7-12-21-14-13-19-3/h4-14H2,1-3H3,(H2,16,17,18). The quantitative estimate of drug-likeness (QED) is 0.289. The summed E-state index contributed by atoms with van der Waals surface area (Å²) >= 11 is 0. The lowest BCUT2D eigenvalue weighted by atomic mass is 10.4. The largest absolute Gasteiger partial charge is 0.382 e. The van der Waals surface area contributed by atoms with Crippen LogP contribution >= 0.6 is 0 Å². The first kappa shape index (κ1) is 20.1. The number of aliphatic imine (C=N–C) groups is 1. The summed E-state index contributed by atoms with van der Waals surface area (Å²) in [6.45, 7) is 7.60. The van der Waals surface area contributed by atoms with Crippen LogP contribution in [0.2, 0.25) is 0 Å². The van der Waals surface area contributed by atoms with Gasteiger partial charge in [0.1, 0.15) is 0 Å². The van der Waals surface area contributed by atoms with E-state index in [-0.39, 0.29) is 0 Å². The van der Waals surface area contributed by atoms with Crippen LogP contribution in [0.15, 0.2) is 4.99 Å². The molecule has 0 aliphatic rings. The molecule has 0 unspecified atom stereocenters. The van der Waals surface area contributed by atoms with Crippen LogP contribution in [-0.2, 0) is 14.2 Å². The molecule has 2 N–H and O–H groups in total. The maximum atomic E-state index is 5.51. The minimum absolute atomic E-state index is 0.650. The topological polar surface area (TPSA) is 64.1 Å². The monoisotopic (exact) mass is 303 g/mol. The van der Waals surface area contributed by atoms with Crippen LogP contribution in [0.4, 0.5) is 0 Å². The molecule has 0 amide bonds. The van der Waals surface area contributed by atoms with E-state index in [1.165, 1.54) is 6.42 Å². The van der Waals surface area contributed by atoms with E-state index in [0.29, 0.717) is 13.2 Å². The number of hydrogen-bond acceptors (Lipinski definition) is 4. The van der Waals surface area contributed by atoms with Gasteiger partial charge in [-0.1, -0.05) is 13.3 Å². The summed E-state index contributed by atoms with van der Waals surface area (Å²) in [6.07, 6.45) is 4.27. The molecule has 0 bridgehead atoms. The summed E-state index contributed by atoms with van der Waals surface area (Å²) in [7, 11) is 3.46. The minimum atomic E-state index is 0.650. The van der Waals surface area contributed by atoms with E-state index in [1.807, 2.05) is 0 Å². The Hall–Kier alpha value is -0.850. The van der Waals surface area contributed by atoms with Crippen molar-refractivity contribution in [3.63, 3.8) is 0 Å². The molecule has 0 saturated carbocycles. The molecule has 0 saturated heterocycles. The third kappa shape index (κ3) is 15.4. The average molecular weight is 303 g/mol. The van der Waals surface area contributed by atoms with E-state index >= 15 is 0 Å². The molecule has 0 aromatic carbocycles. The second-order valence-electron chi connectivity index (χ2n) is 4.70. The van der Waals surface area contributed by atoms with Crippen molar-refractivity contribution in [2.45, 2.75) is 32.6 Å². The van der Waals surface area contributed by atoms with Gasteiger partial charge in [-0.25, -0.2) is 0 Å². The lowest BCUT2D eigenvalue weighted by Gasteiger charge is -2.12. The number of unbranched alkanes of at least 4 members (excludes halogenated alkanes) is 1. The molecule has 126 valence electrons. The Morgan fingerprint density at radius 3 is 1.95 bits per heavy atom. The van der Waals surface area contributed by atoms with Crippen LogP contribution < -0.4 is 10.6 Å². The summed E-state index contributed by atoms with van der Waals surface area (Å²) in [5, 5.41) is 6.53. The maximum Gasteiger partial charge on any atom is 0.190 e. The molecule has 6 heteroatoms. The highest BCUT2D eigenvalue weighted by Crippen LogP contribution is 1.89. The zero-order valence-electron chi connectivity index (χ0n) is 14.0. The highest BCUT2D eigenvalue weighted by molar-refractivity contribution is 5.79. The van der Waals surface area contributed by atoms with Crippen LogP contribution in [0.5, 0.6) is 0 Å². The van der Waals surface area contributed by atoms with E-state index in [2.05, 4.69) is 22.5 Å². The van der Waals surface area contributed by atoms with Crippen molar-refractivity contribution >= 4 is 5.96 Å². The first-order chi connectivity index (χ1) is 10.3. The van der Waals surface area contributed by atoms with Gasteiger partial charge in [0.25, 0.3) is 0 Å². The molecule has 0 aliphatic carbocycles. The predicted molar refractivity (Wildman–Crippen MR) is 87.0 cm³/mol. The molecule has 0 aromatic heterocycles. The van der Waals surface area contributed by atoms with Crippen LogP contribution in [0.3, 0.4) is 0 Å². The number of ether oxygens (including phenoxy) is 3. The fourth-order valence-corrected chi connectivity index (χ4v) is 1.58. The Morgan fingerprint density at radius 1 is 0.857 bits per heavy atom. The third-order valence-electron chi connectivity index (χ3n) is 2.81. The molecule has 0 aliphatic heterocycles. The fourth-order valence-electron chi connectivity index (χ4n) is 1.58. The van der Waals surface area contributed by atoms with Gasteiger partial charge in [0, 0.05) is 47.1 Å². The number of methoxy groups -OCH3 is 1. The van der Waals surface area contributed by atoms with Crippen molar-refractivity contribution in [2.24, 2.45) is 4.99 Å². The molecule has 0 fully saturated rings. The second kappa shape index (κ2) is 17.2. The van der Waals surface area contributed by atoms with E-state index in [9.17, 15) is 0 Å². The number of guanidine groups is 1. The van der Waals surface area contributed by atoms with E-state index < -0.39 is 0 Å². The van der Waals surface area contributed by atoms with Crippen molar-refractivity contribution in [3.8, 4) is 0 Å². The van der Waals surface area contributed by atoms with E-state index in [4.69, 9.17) is 14.2 Å². The molecule has 0 aromatic rings. The molecule has 21 heavy (non-hydrogen) atoms. The Balaban J connectivity index is 3.34. The van der Waals surface area contributed by atoms with Gasteiger partial charge in [0.2, 0.25) is 0 Å². The van der Waals surface area contributed by atoms with Gasteiger partial charge < -0.3 is 24.8 Å². The maximum absolute atomic E-state index is 5.51. The molecular weight excluding hydrogens is 270 g/mol. The summed E-state index contributed by atoms with van der Waals surface area (Å²) in [4.78, 5) is 4.18. The second-order valence-corrected chi connectivity index (χ2v) is 4.70. The lowest BCUT2D eigenvalue weighted by Crippen LogP contribution is -2.38.